The Morgan fingerprint density at radius 1 is 1.42 bits per heavy atom. The summed E-state index contributed by atoms with van der Waals surface area (Å²) in [4.78, 5) is 24.0. The lowest BCUT2D eigenvalue weighted by Crippen LogP contribution is -2.46. The summed E-state index contributed by atoms with van der Waals surface area (Å²) in [6, 6.07) is -0.321. The van der Waals surface area contributed by atoms with Crippen LogP contribution in [0, 0.1) is 5.92 Å². The van der Waals surface area contributed by atoms with Crippen LogP contribution in [0.2, 0.25) is 0 Å². The van der Waals surface area contributed by atoms with Gasteiger partial charge >= 0.3 is 12.0 Å². The molecule has 0 bridgehead atoms. The average Bonchev–Trinajstić information content (AvgIpc) is 2.26. The second-order valence-corrected chi connectivity index (χ2v) is 7.17. The molecule has 2 amide bonds. The molecule has 0 spiro atoms. The van der Waals surface area contributed by atoms with E-state index in [9.17, 15) is 18.0 Å². The number of nitrogens with zero attached hydrogens (tertiary/aromatic N) is 1. The number of carboxylic acid groups (broad SMARTS) is 1. The second kappa shape index (κ2) is 6.74. The summed E-state index contributed by atoms with van der Waals surface area (Å²) in [6.07, 6.45) is 2.76. The SMILES string of the molecule is CS(=O)(=O)CCNC(=O)N1CCCC(CC(=O)O)C1. The number of carboxylic acids is 1. The molecule has 1 heterocycles. The first-order chi connectivity index (χ1) is 8.78. The van der Waals surface area contributed by atoms with Gasteiger partial charge in [-0.2, -0.15) is 0 Å². The van der Waals surface area contributed by atoms with Crippen molar-refractivity contribution in [3.8, 4) is 0 Å². The smallest absolute Gasteiger partial charge is 0.317 e. The topological polar surface area (TPSA) is 104 Å². The Hall–Kier alpha value is -1.31. The Labute approximate surface area is 112 Å². The zero-order valence-corrected chi connectivity index (χ0v) is 11.8. The molecule has 2 N–H and O–H groups in total. The number of hydrogen-bond acceptors (Lipinski definition) is 4. The van der Waals surface area contributed by atoms with Gasteiger partial charge in [-0.3, -0.25) is 4.79 Å². The third-order valence-corrected chi connectivity index (χ3v) is 3.96. The number of aliphatic carboxylic acids is 1. The molecule has 1 unspecified atom stereocenters. The molecular weight excluding hydrogens is 272 g/mol. The normalized spacial score (nSPS) is 20.1. The van der Waals surface area contributed by atoms with Crippen LogP contribution in [-0.2, 0) is 14.6 Å². The van der Waals surface area contributed by atoms with Crippen LogP contribution < -0.4 is 5.32 Å². The first-order valence-corrected chi connectivity index (χ1v) is 8.26. The van der Waals surface area contributed by atoms with Crippen LogP contribution in [0.25, 0.3) is 0 Å². The molecule has 7 nitrogen and oxygen atoms in total. The van der Waals surface area contributed by atoms with Gasteiger partial charge in [0.25, 0.3) is 0 Å². The van der Waals surface area contributed by atoms with Crippen molar-refractivity contribution >= 4 is 21.8 Å². The summed E-state index contributed by atoms with van der Waals surface area (Å²) in [5.74, 6) is -0.971. The van der Waals surface area contributed by atoms with Crippen LogP contribution in [0.5, 0.6) is 0 Å². The highest BCUT2D eigenvalue weighted by Gasteiger charge is 2.25. The zero-order valence-electron chi connectivity index (χ0n) is 11.0. The van der Waals surface area contributed by atoms with Gasteiger partial charge < -0.3 is 15.3 Å². The van der Waals surface area contributed by atoms with Gasteiger partial charge in [0.15, 0.2) is 0 Å². The Kier molecular flexibility index (Phi) is 5.59. The molecule has 1 aliphatic heterocycles. The third kappa shape index (κ3) is 6.42. The number of amides is 2. The van der Waals surface area contributed by atoms with E-state index in [1.54, 1.807) is 4.90 Å². The van der Waals surface area contributed by atoms with Gasteiger partial charge in [-0.05, 0) is 18.8 Å². The van der Waals surface area contributed by atoms with Crippen molar-refractivity contribution in [1.29, 1.82) is 0 Å². The van der Waals surface area contributed by atoms with Gasteiger partial charge in [-0.1, -0.05) is 0 Å². The Bertz CT molecular complexity index is 434. The summed E-state index contributed by atoms with van der Waals surface area (Å²) in [5, 5.41) is 11.3. The number of rotatable bonds is 5. The molecule has 0 aromatic heterocycles. The monoisotopic (exact) mass is 292 g/mol. The van der Waals surface area contributed by atoms with Gasteiger partial charge in [0.2, 0.25) is 0 Å². The van der Waals surface area contributed by atoms with E-state index in [1.165, 1.54) is 0 Å². The van der Waals surface area contributed by atoms with Crippen LogP contribution >= 0.6 is 0 Å². The summed E-state index contributed by atoms with van der Waals surface area (Å²) < 4.78 is 21.9. The number of likely N-dealkylation sites (tertiary alicyclic amines) is 1. The van der Waals surface area contributed by atoms with E-state index < -0.39 is 15.8 Å². The molecule has 0 saturated carbocycles. The quantitative estimate of drug-likeness (QED) is 0.738. The minimum Gasteiger partial charge on any atom is -0.481 e. The number of hydrogen-bond donors (Lipinski definition) is 2. The molecule has 1 saturated heterocycles. The Balaban J connectivity index is 2.37. The molecule has 1 atom stereocenters. The van der Waals surface area contributed by atoms with Crippen LogP contribution in [0.3, 0.4) is 0 Å². The van der Waals surface area contributed by atoms with Crippen molar-refractivity contribution in [2.45, 2.75) is 19.3 Å². The lowest BCUT2D eigenvalue weighted by molar-refractivity contribution is -0.138. The van der Waals surface area contributed by atoms with E-state index in [2.05, 4.69) is 5.32 Å². The van der Waals surface area contributed by atoms with Gasteiger partial charge in [-0.15, -0.1) is 0 Å². The first-order valence-electron chi connectivity index (χ1n) is 6.20. The second-order valence-electron chi connectivity index (χ2n) is 4.91. The van der Waals surface area contributed by atoms with E-state index in [0.717, 1.165) is 19.1 Å². The predicted molar refractivity (Wildman–Crippen MR) is 69.7 cm³/mol. The molecule has 0 aromatic carbocycles. The fraction of sp³-hybridized carbons (Fsp3) is 0.818. The standard InChI is InChI=1S/C11H20N2O5S/c1-19(17,18)6-4-12-11(16)13-5-2-3-9(8-13)7-10(14)15/h9H,2-8H2,1H3,(H,12,16)(H,14,15). The van der Waals surface area contributed by atoms with Crippen LogP contribution in [0.1, 0.15) is 19.3 Å². The fourth-order valence-electron chi connectivity index (χ4n) is 2.12. The van der Waals surface area contributed by atoms with E-state index in [1.807, 2.05) is 0 Å². The number of carbonyl (C=O) groups is 2. The Morgan fingerprint density at radius 2 is 2.11 bits per heavy atom. The number of nitrogens with one attached hydrogen (secondary N) is 1. The van der Waals surface area contributed by atoms with Gasteiger partial charge in [0.1, 0.15) is 9.84 Å². The van der Waals surface area contributed by atoms with E-state index in [0.29, 0.717) is 13.1 Å². The molecule has 8 heteroatoms. The lowest BCUT2D eigenvalue weighted by atomic mass is 9.95. The molecule has 19 heavy (non-hydrogen) atoms. The van der Waals surface area contributed by atoms with Crippen molar-refractivity contribution in [2.75, 3.05) is 31.6 Å². The maximum atomic E-state index is 11.8. The first kappa shape index (κ1) is 15.7. The largest absolute Gasteiger partial charge is 0.481 e. The molecule has 1 aliphatic rings. The molecule has 1 fully saturated rings. The summed E-state index contributed by atoms with van der Waals surface area (Å²) in [7, 11) is -3.09. The zero-order chi connectivity index (χ0) is 14.5. The van der Waals surface area contributed by atoms with Crippen LogP contribution in [0.15, 0.2) is 0 Å². The predicted octanol–water partition coefficient (Wildman–Crippen LogP) is -0.0727. The Morgan fingerprint density at radius 3 is 2.68 bits per heavy atom. The number of piperidine rings is 1. The van der Waals surface area contributed by atoms with Gasteiger partial charge in [-0.25, -0.2) is 13.2 Å². The van der Waals surface area contributed by atoms with Crippen molar-refractivity contribution in [3.05, 3.63) is 0 Å². The van der Waals surface area contributed by atoms with Crippen molar-refractivity contribution < 1.29 is 23.1 Å². The minimum atomic E-state index is -3.09. The summed E-state index contributed by atoms with van der Waals surface area (Å²) in [5.41, 5.74) is 0. The van der Waals surface area contributed by atoms with Crippen LogP contribution in [-0.4, -0.2) is 62.1 Å². The highest BCUT2D eigenvalue weighted by molar-refractivity contribution is 7.90. The molecular formula is C11H20N2O5S. The molecule has 0 aromatic rings. The van der Waals surface area contributed by atoms with Gasteiger partial charge in [0, 0.05) is 32.3 Å². The van der Waals surface area contributed by atoms with Crippen molar-refractivity contribution in [2.24, 2.45) is 5.92 Å². The maximum Gasteiger partial charge on any atom is 0.317 e. The molecule has 0 aliphatic carbocycles. The maximum absolute atomic E-state index is 11.8. The minimum absolute atomic E-state index is 0.0214. The average molecular weight is 292 g/mol. The molecule has 0 radical (unpaired) electrons. The molecule has 1 rings (SSSR count). The van der Waals surface area contributed by atoms with E-state index >= 15 is 0 Å². The van der Waals surface area contributed by atoms with E-state index in [4.69, 9.17) is 5.11 Å². The van der Waals surface area contributed by atoms with Crippen molar-refractivity contribution in [3.63, 3.8) is 0 Å². The number of carbonyl (C=O) groups excluding carboxylic acids is 1. The lowest BCUT2D eigenvalue weighted by Gasteiger charge is -2.32. The van der Waals surface area contributed by atoms with Crippen molar-refractivity contribution in [1.82, 2.24) is 10.2 Å². The molecule has 110 valence electrons. The summed E-state index contributed by atoms with van der Waals surface area (Å²) in [6.45, 7) is 1.08. The third-order valence-electron chi connectivity index (χ3n) is 3.02. The number of urea groups is 1. The highest BCUT2D eigenvalue weighted by atomic mass is 32.2. The highest BCUT2D eigenvalue weighted by Crippen LogP contribution is 2.19. The van der Waals surface area contributed by atoms with Crippen LogP contribution in [0.4, 0.5) is 4.79 Å². The summed E-state index contributed by atoms with van der Waals surface area (Å²) >= 11 is 0. The number of sulfone groups is 1. The van der Waals surface area contributed by atoms with E-state index in [-0.39, 0.29) is 30.7 Å². The van der Waals surface area contributed by atoms with Gasteiger partial charge in [0.05, 0.1) is 5.75 Å². The fourth-order valence-corrected chi connectivity index (χ4v) is 2.59.